The van der Waals surface area contributed by atoms with Crippen LogP contribution in [-0.2, 0) is 7.05 Å². The lowest BCUT2D eigenvalue weighted by Crippen LogP contribution is -2.06. The molecule has 2 rings (SSSR count). The Labute approximate surface area is 103 Å². The van der Waals surface area contributed by atoms with Crippen molar-refractivity contribution in [1.82, 2.24) is 9.78 Å². The van der Waals surface area contributed by atoms with E-state index >= 15 is 0 Å². The van der Waals surface area contributed by atoms with Crippen molar-refractivity contribution in [3.8, 4) is 11.3 Å². The SMILES string of the molecule is CC(N)c1cnn(C)c1-c1cccc(Br)c1. The van der Waals surface area contributed by atoms with Gasteiger partial charge in [0.15, 0.2) is 0 Å². The Kier molecular flexibility index (Phi) is 3.12. The maximum absolute atomic E-state index is 5.94. The van der Waals surface area contributed by atoms with Crippen molar-refractivity contribution in [1.29, 1.82) is 0 Å². The number of rotatable bonds is 2. The second kappa shape index (κ2) is 4.39. The van der Waals surface area contributed by atoms with E-state index < -0.39 is 0 Å². The van der Waals surface area contributed by atoms with Gasteiger partial charge in [0.2, 0.25) is 0 Å². The Morgan fingerprint density at radius 2 is 2.19 bits per heavy atom. The van der Waals surface area contributed by atoms with Crippen molar-refractivity contribution < 1.29 is 0 Å². The first-order valence-electron chi connectivity index (χ1n) is 5.13. The number of halogens is 1. The maximum atomic E-state index is 5.94. The molecule has 0 saturated heterocycles. The molecule has 0 aliphatic carbocycles. The van der Waals surface area contributed by atoms with Crippen LogP contribution in [0, 0.1) is 0 Å². The molecular formula is C12H14BrN3. The second-order valence-corrected chi connectivity index (χ2v) is 4.79. The summed E-state index contributed by atoms with van der Waals surface area (Å²) in [6, 6.07) is 8.14. The predicted molar refractivity (Wildman–Crippen MR) is 68.9 cm³/mol. The van der Waals surface area contributed by atoms with Gasteiger partial charge < -0.3 is 5.73 Å². The van der Waals surface area contributed by atoms with Crippen LogP contribution < -0.4 is 5.73 Å². The van der Waals surface area contributed by atoms with E-state index in [4.69, 9.17) is 5.73 Å². The fourth-order valence-electron chi connectivity index (χ4n) is 1.78. The standard InChI is InChI=1S/C12H14BrN3/c1-8(14)11-7-15-16(2)12(11)9-4-3-5-10(13)6-9/h3-8H,14H2,1-2H3. The van der Waals surface area contributed by atoms with Gasteiger partial charge in [-0.05, 0) is 19.1 Å². The molecule has 0 fully saturated rings. The third-order valence-corrected chi connectivity index (χ3v) is 3.05. The van der Waals surface area contributed by atoms with Gasteiger partial charge in [-0.25, -0.2) is 0 Å². The smallest absolute Gasteiger partial charge is 0.0726 e. The molecule has 0 bridgehead atoms. The lowest BCUT2D eigenvalue weighted by atomic mass is 10.0. The van der Waals surface area contributed by atoms with Crippen molar-refractivity contribution in [2.75, 3.05) is 0 Å². The molecule has 0 amide bonds. The van der Waals surface area contributed by atoms with E-state index in [2.05, 4.69) is 33.2 Å². The molecule has 1 atom stereocenters. The zero-order valence-corrected chi connectivity index (χ0v) is 10.9. The van der Waals surface area contributed by atoms with E-state index in [-0.39, 0.29) is 6.04 Å². The number of aryl methyl sites for hydroxylation is 1. The van der Waals surface area contributed by atoms with Gasteiger partial charge >= 0.3 is 0 Å². The molecule has 0 radical (unpaired) electrons. The molecule has 0 aliphatic rings. The van der Waals surface area contributed by atoms with Crippen LogP contribution in [0.5, 0.6) is 0 Å². The first-order valence-corrected chi connectivity index (χ1v) is 5.92. The van der Waals surface area contributed by atoms with E-state index in [1.807, 2.05) is 37.0 Å². The Balaban J connectivity index is 2.59. The van der Waals surface area contributed by atoms with Gasteiger partial charge in [0.1, 0.15) is 0 Å². The van der Waals surface area contributed by atoms with Gasteiger partial charge in [-0.1, -0.05) is 28.1 Å². The minimum atomic E-state index is -0.0114. The summed E-state index contributed by atoms with van der Waals surface area (Å²) in [6.45, 7) is 1.97. The maximum Gasteiger partial charge on any atom is 0.0726 e. The fourth-order valence-corrected chi connectivity index (χ4v) is 2.18. The molecule has 0 aliphatic heterocycles. The summed E-state index contributed by atoms with van der Waals surface area (Å²) in [5.41, 5.74) is 9.21. The van der Waals surface area contributed by atoms with E-state index in [0.29, 0.717) is 0 Å². The number of nitrogens with two attached hydrogens (primary N) is 1. The van der Waals surface area contributed by atoms with Gasteiger partial charge in [-0.15, -0.1) is 0 Å². The third kappa shape index (κ3) is 2.03. The lowest BCUT2D eigenvalue weighted by molar-refractivity contribution is 0.772. The molecule has 0 saturated carbocycles. The van der Waals surface area contributed by atoms with Gasteiger partial charge in [0.25, 0.3) is 0 Å². The third-order valence-electron chi connectivity index (χ3n) is 2.56. The number of nitrogens with zero attached hydrogens (tertiary/aromatic N) is 2. The van der Waals surface area contributed by atoms with E-state index in [9.17, 15) is 0 Å². The molecule has 84 valence electrons. The van der Waals surface area contributed by atoms with Crippen LogP contribution in [0.1, 0.15) is 18.5 Å². The summed E-state index contributed by atoms with van der Waals surface area (Å²) < 4.78 is 2.92. The van der Waals surface area contributed by atoms with Crippen molar-refractivity contribution >= 4 is 15.9 Å². The van der Waals surface area contributed by atoms with Crippen LogP contribution in [-0.4, -0.2) is 9.78 Å². The highest BCUT2D eigenvalue weighted by molar-refractivity contribution is 9.10. The molecule has 1 heterocycles. The minimum Gasteiger partial charge on any atom is -0.324 e. The van der Waals surface area contributed by atoms with E-state index in [0.717, 1.165) is 21.3 Å². The number of hydrogen-bond donors (Lipinski definition) is 1. The van der Waals surface area contributed by atoms with Gasteiger partial charge in [-0.2, -0.15) is 5.10 Å². The van der Waals surface area contributed by atoms with Crippen LogP contribution in [0.15, 0.2) is 34.9 Å². The second-order valence-electron chi connectivity index (χ2n) is 3.87. The predicted octanol–water partition coefficient (Wildman–Crippen LogP) is 2.87. The topological polar surface area (TPSA) is 43.8 Å². The highest BCUT2D eigenvalue weighted by atomic mass is 79.9. The van der Waals surface area contributed by atoms with Crippen molar-refractivity contribution in [3.63, 3.8) is 0 Å². The fraction of sp³-hybridized carbons (Fsp3) is 0.250. The average molecular weight is 280 g/mol. The summed E-state index contributed by atoms with van der Waals surface area (Å²) in [5.74, 6) is 0. The number of aromatic nitrogens is 2. The number of hydrogen-bond acceptors (Lipinski definition) is 2. The molecule has 1 aromatic carbocycles. The molecule has 4 heteroatoms. The summed E-state index contributed by atoms with van der Waals surface area (Å²) >= 11 is 3.47. The molecule has 0 spiro atoms. The first kappa shape index (κ1) is 11.4. The zero-order chi connectivity index (χ0) is 11.7. The average Bonchev–Trinajstić information content (AvgIpc) is 2.60. The van der Waals surface area contributed by atoms with E-state index in [1.54, 1.807) is 0 Å². The summed E-state index contributed by atoms with van der Waals surface area (Å²) in [6.07, 6.45) is 1.83. The van der Waals surface area contributed by atoms with Crippen LogP contribution in [0.3, 0.4) is 0 Å². The molecule has 2 aromatic rings. The molecule has 1 unspecified atom stereocenters. The highest BCUT2D eigenvalue weighted by Gasteiger charge is 2.13. The zero-order valence-electron chi connectivity index (χ0n) is 9.31. The van der Waals surface area contributed by atoms with Gasteiger partial charge in [0, 0.05) is 28.7 Å². The minimum absolute atomic E-state index is 0.0114. The molecular weight excluding hydrogens is 266 g/mol. The van der Waals surface area contributed by atoms with Crippen LogP contribution in [0.25, 0.3) is 11.3 Å². The van der Waals surface area contributed by atoms with Gasteiger partial charge in [-0.3, -0.25) is 4.68 Å². The van der Waals surface area contributed by atoms with E-state index in [1.165, 1.54) is 0 Å². The molecule has 1 aromatic heterocycles. The molecule has 3 nitrogen and oxygen atoms in total. The summed E-state index contributed by atoms with van der Waals surface area (Å²) in [5, 5.41) is 4.27. The van der Waals surface area contributed by atoms with Crippen molar-refractivity contribution in [3.05, 3.63) is 40.5 Å². The number of benzene rings is 1. The first-order chi connectivity index (χ1) is 7.59. The monoisotopic (exact) mass is 279 g/mol. The normalized spacial score (nSPS) is 12.8. The Morgan fingerprint density at radius 1 is 1.44 bits per heavy atom. The van der Waals surface area contributed by atoms with Gasteiger partial charge in [0.05, 0.1) is 11.9 Å². The summed E-state index contributed by atoms with van der Waals surface area (Å²) in [7, 11) is 1.93. The van der Waals surface area contributed by atoms with Crippen molar-refractivity contribution in [2.45, 2.75) is 13.0 Å². The molecule has 2 N–H and O–H groups in total. The van der Waals surface area contributed by atoms with Crippen LogP contribution in [0.4, 0.5) is 0 Å². The Morgan fingerprint density at radius 3 is 2.81 bits per heavy atom. The Bertz CT molecular complexity index is 503. The summed E-state index contributed by atoms with van der Waals surface area (Å²) in [4.78, 5) is 0. The van der Waals surface area contributed by atoms with Crippen LogP contribution in [0.2, 0.25) is 0 Å². The molecule has 16 heavy (non-hydrogen) atoms. The van der Waals surface area contributed by atoms with Crippen LogP contribution >= 0.6 is 15.9 Å². The highest BCUT2D eigenvalue weighted by Crippen LogP contribution is 2.28. The largest absolute Gasteiger partial charge is 0.324 e. The quantitative estimate of drug-likeness (QED) is 0.919. The Hall–Kier alpha value is -1.13. The lowest BCUT2D eigenvalue weighted by Gasteiger charge is -2.09. The van der Waals surface area contributed by atoms with Crippen molar-refractivity contribution in [2.24, 2.45) is 12.8 Å².